The summed E-state index contributed by atoms with van der Waals surface area (Å²) in [6.07, 6.45) is -1.07. The topological polar surface area (TPSA) is 71.0 Å². The second-order valence-electron chi connectivity index (χ2n) is 5.39. The number of carbonyl (C=O) groups is 1. The highest BCUT2D eigenvalue weighted by Gasteiger charge is 2.11. The molecule has 3 rings (SSSR count). The number of nitrogens with one attached hydrogen (secondary N) is 1. The van der Waals surface area contributed by atoms with Crippen LogP contribution in [0.3, 0.4) is 0 Å². The first kappa shape index (κ1) is 15.6. The molecule has 6 heteroatoms. The van der Waals surface area contributed by atoms with E-state index in [1.54, 1.807) is 6.07 Å². The SMILES string of the molecule is O=C(O)Nc1ccc(OCCN2CCOCC2)c2ccccc12. The van der Waals surface area contributed by atoms with E-state index in [0.29, 0.717) is 12.3 Å². The maximum absolute atomic E-state index is 10.9. The van der Waals surface area contributed by atoms with Crippen LogP contribution in [-0.2, 0) is 4.74 Å². The zero-order valence-electron chi connectivity index (χ0n) is 12.8. The smallest absolute Gasteiger partial charge is 0.409 e. The lowest BCUT2D eigenvalue weighted by Crippen LogP contribution is -2.38. The van der Waals surface area contributed by atoms with E-state index in [4.69, 9.17) is 14.6 Å². The van der Waals surface area contributed by atoms with Crippen LogP contribution in [0.5, 0.6) is 5.75 Å². The molecule has 1 saturated heterocycles. The standard InChI is InChI=1S/C17H20N2O4/c20-17(21)18-15-5-6-16(14-4-2-1-3-13(14)15)23-12-9-19-7-10-22-11-8-19/h1-6,18H,7-12H2,(H,20,21). The molecule has 0 spiro atoms. The van der Waals surface area contributed by atoms with E-state index in [0.717, 1.165) is 49.4 Å². The maximum atomic E-state index is 10.9. The van der Waals surface area contributed by atoms with Crippen molar-refractivity contribution in [1.29, 1.82) is 0 Å². The number of amides is 1. The predicted octanol–water partition coefficient (Wildman–Crippen LogP) is 2.64. The van der Waals surface area contributed by atoms with Crippen molar-refractivity contribution in [2.75, 3.05) is 44.8 Å². The Balaban J connectivity index is 1.72. The number of hydrogen-bond acceptors (Lipinski definition) is 4. The molecule has 122 valence electrons. The summed E-state index contributed by atoms with van der Waals surface area (Å²) in [7, 11) is 0. The second-order valence-corrected chi connectivity index (χ2v) is 5.39. The Morgan fingerprint density at radius 2 is 1.91 bits per heavy atom. The number of hydrogen-bond donors (Lipinski definition) is 2. The van der Waals surface area contributed by atoms with E-state index in [1.165, 1.54) is 0 Å². The number of morpholine rings is 1. The first-order valence-electron chi connectivity index (χ1n) is 7.68. The molecule has 0 bridgehead atoms. The van der Waals surface area contributed by atoms with E-state index in [2.05, 4.69) is 10.2 Å². The quantitative estimate of drug-likeness (QED) is 0.887. The molecule has 2 aromatic rings. The minimum Gasteiger partial charge on any atom is -0.492 e. The van der Waals surface area contributed by atoms with Crippen molar-refractivity contribution >= 4 is 22.6 Å². The maximum Gasteiger partial charge on any atom is 0.409 e. The van der Waals surface area contributed by atoms with Crippen LogP contribution in [0.2, 0.25) is 0 Å². The van der Waals surface area contributed by atoms with Crippen molar-refractivity contribution in [2.24, 2.45) is 0 Å². The van der Waals surface area contributed by atoms with E-state index >= 15 is 0 Å². The molecule has 1 heterocycles. The number of fused-ring (bicyclic) bond motifs is 1. The summed E-state index contributed by atoms with van der Waals surface area (Å²) < 4.78 is 11.3. The highest BCUT2D eigenvalue weighted by molar-refractivity contribution is 6.02. The molecule has 2 aromatic carbocycles. The summed E-state index contributed by atoms with van der Waals surface area (Å²) in [5, 5.41) is 13.1. The summed E-state index contributed by atoms with van der Waals surface area (Å²) in [5.41, 5.74) is 0.564. The molecule has 1 aliphatic rings. The molecule has 0 aromatic heterocycles. The van der Waals surface area contributed by atoms with Gasteiger partial charge in [0.15, 0.2) is 0 Å². The zero-order valence-corrected chi connectivity index (χ0v) is 12.8. The van der Waals surface area contributed by atoms with Crippen LogP contribution in [0.4, 0.5) is 10.5 Å². The van der Waals surface area contributed by atoms with Crippen LogP contribution in [0.25, 0.3) is 10.8 Å². The first-order valence-corrected chi connectivity index (χ1v) is 7.68. The molecule has 6 nitrogen and oxygen atoms in total. The molecule has 2 N–H and O–H groups in total. The van der Waals surface area contributed by atoms with Crippen LogP contribution in [0.1, 0.15) is 0 Å². The summed E-state index contributed by atoms with van der Waals surface area (Å²) in [4.78, 5) is 13.2. The average Bonchev–Trinajstić information content (AvgIpc) is 2.57. The second kappa shape index (κ2) is 7.30. The van der Waals surface area contributed by atoms with Gasteiger partial charge in [-0.2, -0.15) is 0 Å². The number of anilines is 1. The number of ether oxygens (including phenoxy) is 2. The Morgan fingerprint density at radius 1 is 1.17 bits per heavy atom. The van der Waals surface area contributed by atoms with Crippen LogP contribution < -0.4 is 10.1 Å². The highest BCUT2D eigenvalue weighted by Crippen LogP contribution is 2.31. The summed E-state index contributed by atoms with van der Waals surface area (Å²) >= 11 is 0. The van der Waals surface area contributed by atoms with Crippen molar-refractivity contribution in [3.05, 3.63) is 36.4 Å². The van der Waals surface area contributed by atoms with Gasteiger partial charge in [0.05, 0.1) is 18.9 Å². The van der Waals surface area contributed by atoms with Crippen LogP contribution in [0.15, 0.2) is 36.4 Å². The van der Waals surface area contributed by atoms with E-state index < -0.39 is 6.09 Å². The third kappa shape index (κ3) is 3.91. The largest absolute Gasteiger partial charge is 0.492 e. The molecular formula is C17H20N2O4. The van der Waals surface area contributed by atoms with Gasteiger partial charge in [0.25, 0.3) is 0 Å². The first-order chi connectivity index (χ1) is 11.2. The summed E-state index contributed by atoms with van der Waals surface area (Å²) in [6, 6.07) is 11.2. The normalized spacial score (nSPS) is 15.5. The molecule has 0 aliphatic carbocycles. The molecule has 1 fully saturated rings. The van der Waals surface area contributed by atoms with Crippen molar-refractivity contribution in [1.82, 2.24) is 4.90 Å². The molecule has 0 saturated carbocycles. The number of benzene rings is 2. The monoisotopic (exact) mass is 316 g/mol. The highest BCUT2D eigenvalue weighted by atomic mass is 16.5. The fourth-order valence-corrected chi connectivity index (χ4v) is 2.73. The Morgan fingerprint density at radius 3 is 2.65 bits per heavy atom. The van der Waals surface area contributed by atoms with Crippen molar-refractivity contribution in [3.8, 4) is 5.75 Å². The van der Waals surface area contributed by atoms with Gasteiger partial charge in [-0.05, 0) is 12.1 Å². The van der Waals surface area contributed by atoms with Gasteiger partial charge in [-0.25, -0.2) is 4.79 Å². The van der Waals surface area contributed by atoms with Gasteiger partial charge in [-0.3, -0.25) is 10.2 Å². The van der Waals surface area contributed by atoms with E-state index in [-0.39, 0.29) is 0 Å². The molecule has 23 heavy (non-hydrogen) atoms. The Hall–Kier alpha value is -2.31. The molecule has 0 radical (unpaired) electrons. The molecule has 0 unspecified atom stereocenters. The Bertz CT molecular complexity index is 683. The molecular weight excluding hydrogens is 296 g/mol. The van der Waals surface area contributed by atoms with Gasteiger partial charge in [0.1, 0.15) is 12.4 Å². The summed E-state index contributed by atoms with van der Waals surface area (Å²) in [6.45, 7) is 4.87. The lowest BCUT2D eigenvalue weighted by molar-refractivity contribution is 0.0323. The minimum absolute atomic E-state index is 0.564. The number of carboxylic acid groups (broad SMARTS) is 1. The predicted molar refractivity (Wildman–Crippen MR) is 88.3 cm³/mol. The van der Waals surface area contributed by atoms with Gasteiger partial charge in [-0.15, -0.1) is 0 Å². The van der Waals surface area contributed by atoms with Gasteiger partial charge in [0, 0.05) is 30.4 Å². The van der Waals surface area contributed by atoms with Crippen molar-refractivity contribution in [2.45, 2.75) is 0 Å². The van der Waals surface area contributed by atoms with E-state index in [9.17, 15) is 4.79 Å². The van der Waals surface area contributed by atoms with Crippen LogP contribution in [-0.4, -0.2) is 55.6 Å². The van der Waals surface area contributed by atoms with E-state index in [1.807, 2.05) is 30.3 Å². The number of nitrogens with zero attached hydrogens (tertiary/aromatic N) is 1. The van der Waals surface area contributed by atoms with Crippen molar-refractivity contribution in [3.63, 3.8) is 0 Å². The Kier molecular flexibility index (Phi) is 4.95. The minimum atomic E-state index is -1.07. The lowest BCUT2D eigenvalue weighted by atomic mass is 10.1. The van der Waals surface area contributed by atoms with Crippen LogP contribution in [0, 0.1) is 0 Å². The van der Waals surface area contributed by atoms with Gasteiger partial charge in [0.2, 0.25) is 0 Å². The lowest BCUT2D eigenvalue weighted by Gasteiger charge is -2.26. The van der Waals surface area contributed by atoms with Crippen molar-refractivity contribution < 1.29 is 19.4 Å². The third-order valence-corrected chi connectivity index (χ3v) is 3.89. The third-order valence-electron chi connectivity index (χ3n) is 3.89. The zero-order chi connectivity index (χ0) is 16.1. The molecule has 1 aliphatic heterocycles. The van der Waals surface area contributed by atoms with Crippen LogP contribution >= 0.6 is 0 Å². The summed E-state index contributed by atoms with van der Waals surface area (Å²) in [5.74, 6) is 0.768. The fourth-order valence-electron chi connectivity index (χ4n) is 2.73. The Labute approximate surface area is 134 Å². The molecule has 0 atom stereocenters. The van der Waals surface area contributed by atoms with Gasteiger partial charge in [-0.1, -0.05) is 24.3 Å². The van der Waals surface area contributed by atoms with Gasteiger partial charge < -0.3 is 14.6 Å². The number of rotatable bonds is 5. The average molecular weight is 316 g/mol. The fraction of sp³-hybridized carbons (Fsp3) is 0.353. The van der Waals surface area contributed by atoms with Gasteiger partial charge >= 0.3 is 6.09 Å². The molecule has 1 amide bonds.